The summed E-state index contributed by atoms with van der Waals surface area (Å²) in [4.78, 5) is 0. The van der Waals surface area contributed by atoms with E-state index in [9.17, 15) is 0 Å². The third-order valence-corrected chi connectivity index (χ3v) is 3.34. The fraction of sp³-hybridized carbons (Fsp3) is 1.00. The molecule has 0 atom stereocenters. The van der Waals surface area contributed by atoms with E-state index in [1.807, 2.05) is 0 Å². The molecule has 1 nitrogen and oxygen atoms in total. The second kappa shape index (κ2) is 2.48. The zero-order valence-electron chi connectivity index (χ0n) is 7.69. The number of rotatable bonds is 2. The van der Waals surface area contributed by atoms with Crippen LogP contribution in [0.25, 0.3) is 0 Å². The second-order valence-electron chi connectivity index (χ2n) is 4.73. The molecule has 1 heteroatoms. The van der Waals surface area contributed by atoms with Crippen LogP contribution in [-0.2, 0) is 0 Å². The van der Waals surface area contributed by atoms with Crippen LogP contribution < -0.4 is 5.32 Å². The molecule has 1 N–H and O–H groups in total. The number of hydrogen-bond acceptors (Lipinski definition) is 1. The predicted octanol–water partition coefficient (Wildman–Crippen LogP) is 2.32. The Morgan fingerprint density at radius 1 is 1.27 bits per heavy atom. The van der Waals surface area contributed by atoms with Crippen molar-refractivity contribution in [3.8, 4) is 0 Å². The summed E-state index contributed by atoms with van der Waals surface area (Å²) < 4.78 is 0. The molecule has 11 heavy (non-hydrogen) atoms. The van der Waals surface area contributed by atoms with Gasteiger partial charge in [0, 0.05) is 11.6 Å². The van der Waals surface area contributed by atoms with Crippen molar-refractivity contribution >= 4 is 0 Å². The van der Waals surface area contributed by atoms with Gasteiger partial charge in [0.25, 0.3) is 0 Å². The zero-order valence-corrected chi connectivity index (χ0v) is 7.69. The highest BCUT2D eigenvalue weighted by molar-refractivity contribution is 5.02. The highest BCUT2D eigenvalue weighted by Gasteiger charge is 2.44. The van der Waals surface area contributed by atoms with Gasteiger partial charge >= 0.3 is 0 Å². The lowest BCUT2D eigenvalue weighted by Crippen LogP contribution is -2.45. The van der Waals surface area contributed by atoms with Crippen LogP contribution in [0.4, 0.5) is 0 Å². The molecule has 2 rings (SSSR count). The van der Waals surface area contributed by atoms with Crippen molar-refractivity contribution in [2.75, 3.05) is 0 Å². The quantitative estimate of drug-likeness (QED) is 0.642. The van der Waals surface area contributed by atoms with Crippen LogP contribution >= 0.6 is 0 Å². The third-order valence-electron chi connectivity index (χ3n) is 3.34. The van der Waals surface area contributed by atoms with E-state index >= 15 is 0 Å². The molecule has 0 aromatic rings. The van der Waals surface area contributed by atoms with E-state index in [4.69, 9.17) is 0 Å². The zero-order chi connectivity index (χ0) is 7.90. The Morgan fingerprint density at radius 3 is 2.27 bits per heavy atom. The first-order valence-corrected chi connectivity index (χ1v) is 4.98. The van der Waals surface area contributed by atoms with E-state index in [2.05, 4.69) is 19.2 Å². The fourth-order valence-electron chi connectivity index (χ4n) is 3.01. The van der Waals surface area contributed by atoms with Crippen LogP contribution in [-0.4, -0.2) is 11.6 Å². The average molecular weight is 153 g/mol. The lowest BCUT2D eigenvalue weighted by atomic mass is 9.93. The van der Waals surface area contributed by atoms with Gasteiger partial charge in [-0.25, -0.2) is 0 Å². The normalized spacial score (nSPS) is 42.3. The van der Waals surface area contributed by atoms with Crippen LogP contribution in [0, 0.1) is 5.92 Å². The molecule has 0 heterocycles. The molecule has 0 aliphatic heterocycles. The minimum absolute atomic E-state index is 0.582. The van der Waals surface area contributed by atoms with Gasteiger partial charge in [-0.2, -0.15) is 0 Å². The molecule has 64 valence electrons. The maximum absolute atomic E-state index is 3.75. The summed E-state index contributed by atoms with van der Waals surface area (Å²) in [6.45, 7) is 4.53. The Bertz CT molecular complexity index is 143. The minimum atomic E-state index is 0.582. The van der Waals surface area contributed by atoms with Gasteiger partial charge in [-0.3, -0.25) is 0 Å². The molecule has 0 radical (unpaired) electrons. The topological polar surface area (TPSA) is 12.0 Å². The Labute approximate surface area is 69.6 Å². The van der Waals surface area contributed by atoms with Crippen molar-refractivity contribution < 1.29 is 0 Å². The van der Waals surface area contributed by atoms with Crippen LogP contribution in [0.15, 0.2) is 0 Å². The molecular formula is C10H19N. The smallest absolute Gasteiger partial charge is 0.0186 e. The Kier molecular flexibility index (Phi) is 1.71. The second-order valence-corrected chi connectivity index (χ2v) is 4.73. The van der Waals surface area contributed by atoms with Gasteiger partial charge in [0.15, 0.2) is 0 Å². The lowest BCUT2D eigenvalue weighted by Gasteiger charge is -2.30. The fourth-order valence-corrected chi connectivity index (χ4v) is 3.01. The molecule has 0 spiro atoms. The van der Waals surface area contributed by atoms with Gasteiger partial charge in [0.2, 0.25) is 0 Å². The van der Waals surface area contributed by atoms with E-state index < -0.39 is 0 Å². The number of nitrogens with one attached hydrogen (secondary N) is 1. The van der Waals surface area contributed by atoms with Gasteiger partial charge in [-0.15, -0.1) is 0 Å². The van der Waals surface area contributed by atoms with Crippen molar-refractivity contribution in [3.05, 3.63) is 0 Å². The molecule has 2 saturated carbocycles. The monoisotopic (exact) mass is 153 g/mol. The molecule has 0 saturated heterocycles. The SMILES string of the molecule is CC(C)NC12CCC(CC1)C2. The number of hydrogen-bond donors (Lipinski definition) is 1. The Morgan fingerprint density at radius 2 is 1.91 bits per heavy atom. The molecule has 2 fully saturated rings. The highest BCUT2D eigenvalue weighted by atomic mass is 15.0. The maximum Gasteiger partial charge on any atom is 0.0186 e. The molecule has 2 bridgehead atoms. The average Bonchev–Trinajstić information content (AvgIpc) is 2.43. The Hall–Kier alpha value is -0.0400. The van der Waals surface area contributed by atoms with Crippen LogP contribution in [0.1, 0.15) is 46.0 Å². The van der Waals surface area contributed by atoms with Crippen molar-refractivity contribution in [1.29, 1.82) is 0 Å². The van der Waals surface area contributed by atoms with Crippen LogP contribution in [0.5, 0.6) is 0 Å². The minimum Gasteiger partial charge on any atom is -0.309 e. The van der Waals surface area contributed by atoms with E-state index in [0.29, 0.717) is 11.6 Å². The third kappa shape index (κ3) is 1.31. The Balaban J connectivity index is 1.99. The van der Waals surface area contributed by atoms with Crippen LogP contribution in [0.2, 0.25) is 0 Å². The predicted molar refractivity (Wildman–Crippen MR) is 47.6 cm³/mol. The molecule has 0 amide bonds. The van der Waals surface area contributed by atoms with E-state index in [1.54, 1.807) is 0 Å². The summed E-state index contributed by atoms with van der Waals surface area (Å²) in [5, 5.41) is 3.75. The molecular weight excluding hydrogens is 134 g/mol. The lowest BCUT2D eigenvalue weighted by molar-refractivity contribution is 0.303. The van der Waals surface area contributed by atoms with Crippen molar-refractivity contribution in [2.24, 2.45) is 5.92 Å². The molecule has 0 unspecified atom stereocenters. The summed E-state index contributed by atoms with van der Waals surface area (Å²) in [6, 6.07) is 0.673. The number of fused-ring (bicyclic) bond motifs is 2. The van der Waals surface area contributed by atoms with Crippen molar-refractivity contribution in [1.82, 2.24) is 5.32 Å². The molecule has 0 aromatic carbocycles. The largest absolute Gasteiger partial charge is 0.309 e. The van der Waals surface area contributed by atoms with Crippen LogP contribution in [0.3, 0.4) is 0 Å². The van der Waals surface area contributed by atoms with Gasteiger partial charge in [-0.1, -0.05) is 13.8 Å². The van der Waals surface area contributed by atoms with E-state index in [1.165, 1.54) is 32.1 Å². The maximum atomic E-state index is 3.75. The summed E-state index contributed by atoms with van der Waals surface area (Å²) in [7, 11) is 0. The summed E-state index contributed by atoms with van der Waals surface area (Å²) in [5.41, 5.74) is 0.582. The van der Waals surface area contributed by atoms with E-state index in [-0.39, 0.29) is 0 Å². The molecule has 0 aromatic heterocycles. The first-order chi connectivity index (χ1) is 5.20. The molecule has 2 aliphatic rings. The standard InChI is InChI=1S/C10H19N/c1-8(2)11-10-5-3-9(7-10)4-6-10/h8-9,11H,3-7H2,1-2H3. The summed E-state index contributed by atoms with van der Waals surface area (Å²) in [5.74, 6) is 1.07. The van der Waals surface area contributed by atoms with Gasteiger partial charge in [0.1, 0.15) is 0 Å². The van der Waals surface area contributed by atoms with Crippen molar-refractivity contribution in [3.63, 3.8) is 0 Å². The molecule has 2 aliphatic carbocycles. The van der Waals surface area contributed by atoms with E-state index in [0.717, 1.165) is 5.92 Å². The van der Waals surface area contributed by atoms with Gasteiger partial charge < -0.3 is 5.32 Å². The van der Waals surface area contributed by atoms with Crippen molar-refractivity contribution in [2.45, 2.75) is 57.5 Å². The summed E-state index contributed by atoms with van der Waals surface area (Å²) in [6.07, 6.45) is 7.32. The first kappa shape index (κ1) is 7.60. The summed E-state index contributed by atoms with van der Waals surface area (Å²) >= 11 is 0. The highest BCUT2D eigenvalue weighted by Crippen LogP contribution is 2.47. The first-order valence-electron chi connectivity index (χ1n) is 4.98. The van der Waals surface area contributed by atoms with Gasteiger partial charge in [0.05, 0.1) is 0 Å². The van der Waals surface area contributed by atoms with Gasteiger partial charge in [-0.05, 0) is 38.0 Å².